The minimum absolute atomic E-state index is 0.0309. The largest absolute Gasteiger partial charge is 0.463 e. The van der Waals surface area contributed by atoms with E-state index in [2.05, 4.69) is 14.8 Å². The van der Waals surface area contributed by atoms with E-state index in [0.29, 0.717) is 20.6 Å². The summed E-state index contributed by atoms with van der Waals surface area (Å²) >= 11 is 1.20. The third-order valence-corrected chi connectivity index (χ3v) is 6.26. The molecule has 34 heavy (non-hydrogen) atoms. The molecule has 11 heteroatoms. The van der Waals surface area contributed by atoms with E-state index in [1.165, 1.54) is 28.0 Å². The number of esters is 1. The molecule has 0 aliphatic carbocycles. The third kappa shape index (κ3) is 4.43. The molecular formula is C23H22F2N4O4S. The quantitative estimate of drug-likeness (QED) is 0.498. The SMILES string of the molecule is CCOC(=O)C1=C(C)N=c2s/c(=C/c3cn(C)nc3C)c(=O)n2[C@H]1c1ccc(OC(F)F)cc1. The van der Waals surface area contributed by atoms with Gasteiger partial charge in [-0.05, 0) is 44.5 Å². The van der Waals surface area contributed by atoms with Crippen molar-refractivity contribution in [3.05, 3.63) is 78.2 Å². The highest BCUT2D eigenvalue weighted by atomic mass is 32.1. The summed E-state index contributed by atoms with van der Waals surface area (Å²) < 4.78 is 38.4. The number of fused-ring (bicyclic) bond motifs is 1. The van der Waals surface area contributed by atoms with Crippen LogP contribution in [0.1, 0.15) is 36.7 Å². The fourth-order valence-corrected chi connectivity index (χ4v) is 4.88. The van der Waals surface area contributed by atoms with Gasteiger partial charge in [-0.3, -0.25) is 14.0 Å². The van der Waals surface area contributed by atoms with Gasteiger partial charge in [-0.15, -0.1) is 0 Å². The number of hydrogen-bond donors (Lipinski definition) is 0. The van der Waals surface area contributed by atoms with E-state index in [9.17, 15) is 18.4 Å². The molecule has 3 heterocycles. The molecule has 0 spiro atoms. The highest BCUT2D eigenvalue weighted by Crippen LogP contribution is 2.31. The van der Waals surface area contributed by atoms with Crippen LogP contribution in [0.2, 0.25) is 0 Å². The van der Waals surface area contributed by atoms with Crippen molar-refractivity contribution < 1.29 is 23.0 Å². The first kappa shape index (κ1) is 23.6. The van der Waals surface area contributed by atoms with Gasteiger partial charge in [-0.2, -0.15) is 13.9 Å². The van der Waals surface area contributed by atoms with E-state index in [4.69, 9.17) is 4.74 Å². The summed E-state index contributed by atoms with van der Waals surface area (Å²) in [6, 6.07) is 4.99. The third-order valence-electron chi connectivity index (χ3n) is 5.28. The van der Waals surface area contributed by atoms with Crippen LogP contribution in [0.25, 0.3) is 6.08 Å². The van der Waals surface area contributed by atoms with Gasteiger partial charge in [0, 0.05) is 18.8 Å². The first-order valence-electron chi connectivity index (χ1n) is 10.4. The van der Waals surface area contributed by atoms with Crippen molar-refractivity contribution >= 4 is 23.4 Å². The average molecular weight is 489 g/mol. The van der Waals surface area contributed by atoms with Crippen LogP contribution in [0.3, 0.4) is 0 Å². The van der Waals surface area contributed by atoms with Crippen molar-refractivity contribution in [1.82, 2.24) is 14.3 Å². The van der Waals surface area contributed by atoms with Gasteiger partial charge in [0.15, 0.2) is 4.80 Å². The Bertz CT molecular complexity index is 1450. The molecule has 3 aromatic rings. The Labute approximate surface area is 197 Å². The standard InChI is InChI=1S/C23H22F2N4O4S/c1-5-32-21(31)18-13(3)26-23-29(19(18)14-6-8-16(9-7-14)33-22(24)25)20(30)17(34-23)10-15-11-28(4)27-12(15)2/h6-11,19,22H,5H2,1-4H3/b17-10+/t19-/m0/s1. The zero-order valence-corrected chi connectivity index (χ0v) is 19.7. The topological polar surface area (TPSA) is 87.7 Å². The molecule has 178 valence electrons. The van der Waals surface area contributed by atoms with Gasteiger partial charge in [0.1, 0.15) is 5.75 Å². The molecule has 1 aliphatic rings. The van der Waals surface area contributed by atoms with Crippen LogP contribution in [0, 0.1) is 6.92 Å². The highest BCUT2D eigenvalue weighted by Gasteiger charge is 2.33. The zero-order chi connectivity index (χ0) is 24.6. The molecule has 2 aromatic heterocycles. The first-order chi connectivity index (χ1) is 16.2. The first-order valence-corrected chi connectivity index (χ1v) is 11.3. The number of nitrogens with zero attached hydrogens (tertiary/aromatic N) is 4. The van der Waals surface area contributed by atoms with Gasteiger partial charge in [0.25, 0.3) is 5.56 Å². The summed E-state index contributed by atoms with van der Waals surface area (Å²) in [5.41, 5.74) is 2.38. The van der Waals surface area contributed by atoms with Crippen molar-refractivity contribution in [2.24, 2.45) is 12.0 Å². The van der Waals surface area contributed by atoms with Crippen molar-refractivity contribution in [2.75, 3.05) is 6.61 Å². The highest BCUT2D eigenvalue weighted by molar-refractivity contribution is 7.07. The van der Waals surface area contributed by atoms with Crippen LogP contribution < -0.4 is 19.6 Å². The number of rotatable bonds is 6. The number of benzene rings is 1. The zero-order valence-electron chi connectivity index (χ0n) is 18.9. The van der Waals surface area contributed by atoms with Crippen molar-refractivity contribution in [2.45, 2.75) is 33.4 Å². The number of alkyl halides is 2. The van der Waals surface area contributed by atoms with Gasteiger partial charge >= 0.3 is 12.6 Å². The molecule has 8 nitrogen and oxygen atoms in total. The number of allylic oxidation sites excluding steroid dienone is 1. The monoisotopic (exact) mass is 488 g/mol. The van der Waals surface area contributed by atoms with Crippen molar-refractivity contribution in [3.63, 3.8) is 0 Å². The molecule has 0 N–H and O–H groups in total. The van der Waals surface area contributed by atoms with Crippen LogP contribution in [0.5, 0.6) is 5.75 Å². The van der Waals surface area contributed by atoms with Gasteiger partial charge in [-0.1, -0.05) is 23.5 Å². The van der Waals surface area contributed by atoms with Crippen LogP contribution >= 0.6 is 11.3 Å². The number of aryl methyl sites for hydroxylation is 2. The molecule has 1 atom stereocenters. The fraction of sp³-hybridized carbons (Fsp3) is 0.304. The molecular weight excluding hydrogens is 466 g/mol. The summed E-state index contributed by atoms with van der Waals surface area (Å²) in [6.07, 6.45) is 3.55. The molecule has 0 fully saturated rings. The maximum atomic E-state index is 13.5. The summed E-state index contributed by atoms with van der Waals surface area (Å²) in [7, 11) is 1.79. The molecule has 0 saturated carbocycles. The summed E-state index contributed by atoms with van der Waals surface area (Å²) in [5.74, 6) is -0.629. The second-order valence-electron chi connectivity index (χ2n) is 7.59. The summed E-state index contributed by atoms with van der Waals surface area (Å²) in [5, 5.41) is 4.30. The molecule has 0 unspecified atom stereocenters. The predicted molar refractivity (Wildman–Crippen MR) is 121 cm³/mol. The van der Waals surface area contributed by atoms with Gasteiger partial charge in [-0.25, -0.2) is 9.79 Å². The number of carbonyl (C=O) groups is 1. The van der Waals surface area contributed by atoms with Crippen LogP contribution in [-0.4, -0.2) is 33.5 Å². The molecule has 1 aliphatic heterocycles. The number of ether oxygens (including phenoxy) is 2. The Kier molecular flexibility index (Phi) is 6.47. The van der Waals surface area contributed by atoms with E-state index < -0.39 is 18.6 Å². The summed E-state index contributed by atoms with van der Waals surface area (Å²) in [6.45, 7) is 2.39. The minimum atomic E-state index is -2.96. The van der Waals surface area contributed by atoms with Crippen molar-refractivity contribution in [1.29, 1.82) is 0 Å². The number of halogens is 2. The lowest BCUT2D eigenvalue weighted by Gasteiger charge is -2.24. The Morgan fingerprint density at radius 3 is 2.56 bits per heavy atom. The lowest BCUT2D eigenvalue weighted by atomic mass is 9.96. The van der Waals surface area contributed by atoms with Gasteiger partial charge in [0.2, 0.25) is 0 Å². The molecule has 4 rings (SSSR count). The minimum Gasteiger partial charge on any atom is -0.463 e. The van der Waals surface area contributed by atoms with E-state index in [1.54, 1.807) is 43.8 Å². The Morgan fingerprint density at radius 1 is 1.26 bits per heavy atom. The molecule has 0 saturated heterocycles. The Morgan fingerprint density at radius 2 is 1.97 bits per heavy atom. The Balaban J connectivity index is 1.91. The normalized spacial score (nSPS) is 16.0. The van der Waals surface area contributed by atoms with Crippen LogP contribution in [0.15, 0.2) is 51.5 Å². The smallest absolute Gasteiger partial charge is 0.387 e. The molecule has 0 bridgehead atoms. The maximum Gasteiger partial charge on any atom is 0.387 e. The lowest BCUT2D eigenvalue weighted by molar-refractivity contribution is -0.139. The van der Waals surface area contributed by atoms with E-state index >= 15 is 0 Å². The molecule has 0 amide bonds. The number of thiazole rings is 1. The Hall–Kier alpha value is -3.60. The molecule has 0 radical (unpaired) electrons. The number of hydrogen-bond acceptors (Lipinski definition) is 7. The van der Waals surface area contributed by atoms with E-state index in [1.807, 2.05) is 13.1 Å². The second-order valence-corrected chi connectivity index (χ2v) is 8.60. The molecule has 1 aromatic carbocycles. The second kappa shape index (κ2) is 9.34. The van der Waals surface area contributed by atoms with Crippen molar-refractivity contribution in [3.8, 4) is 5.75 Å². The van der Waals surface area contributed by atoms with E-state index in [-0.39, 0.29) is 23.5 Å². The van der Waals surface area contributed by atoms with Crippen LogP contribution in [0.4, 0.5) is 8.78 Å². The number of carbonyl (C=O) groups excluding carboxylic acids is 1. The van der Waals surface area contributed by atoms with E-state index in [0.717, 1.165) is 11.3 Å². The van der Waals surface area contributed by atoms with Crippen LogP contribution in [-0.2, 0) is 16.6 Å². The lowest BCUT2D eigenvalue weighted by Crippen LogP contribution is -2.39. The van der Waals surface area contributed by atoms with Gasteiger partial charge < -0.3 is 9.47 Å². The fourth-order valence-electron chi connectivity index (χ4n) is 3.84. The van der Waals surface area contributed by atoms with Gasteiger partial charge in [0.05, 0.1) is 34.1 Å². The summed E-state index contributed by atoms with van der Waals surface area (Å²) in [4.78, 5) is 31.3. The number of aromatic nitrogens is 3. The maximum absolute atomic E-state index is 13.5. The average Bonchev–Trinajstić information content (AvgIpc) is 3.25. The predicted octanol–water partition coefficient (Wildman–Crippen LogP) is 2.44.